The molecule has 15 heavy (non-hydrogen) atoms. The van der Waals surface area contributed by atoms with Crippen LogP contribution in [0, 0.1) is 11.3 Å². The molecule has 0 aliphatic rings. The number of aliphatic hydroxyl groups excluding tert-OH is 1. The molecule has 0 atom stereocenters. The number of unbranched alkanes of at least 4 members (excludes halogenated alkanes) is 1. The first-order chi connectivity index (χ1) is 7.19. The Labute approximate surface area is 85.4 Å². The van der Waals surface area contributed by atoms with E-state index in [1.54, 1.807) is 6.07 Å². The minimum atomic E-state index is -0.666. The molecule has 0 aliphatic carbocycles. The summed E-state index contributed by atoms with van der Waals surface area (Å²) in [5, 5.41) is 17.1. The number of aromatic nitrogens is 2. The monoisotopic (exact) mass is 209 g/mol. The van der Waals surface area contributed by atoms with Crippen molar-refractivity contribution >= 4 is 0 Å². The van der Waals surface area contributed by atoms with Crippen molar-refractivity contribution in [1.29, 1.82) is 5.26 Å². The molecule has 0 saturated heterocycles. The molecule has 6 heteroatoms. The zero-order valence-corrected chi connectivity index (χ0v) is 8.06. The molecule has 0 aromatic carbocycles. The summed E-state index contributed by atoms with van der Waals surface area (Å²) in [5.41, 5.74) is -1.28. The molecule has 1 rings (SSSR count). The van der Waals surface area contributed by atoms with Gasteiger partial charge in [-0.3, -0.25) is 14.3 Å². The predicted molar refractivity (Wildman–Crippen MR) is 52.4 cm³/mol. The highest BCUT2D eigenvalue weighted by Gasteiger charge is 2.02. The van der Waals surface area contributed by atoms with E-state index in [1.165, 1.54) is 10.8 Å². The summed E-state index contributed by atoms with van der Waals surface area (Å²) < 4.78 is 1.26. The Kier molecular flexibility index (Phi) is 3.83. The van der Waals surface area contributed by atoms with Crippen LogP contribution >= 0.6 is 0 Å². The second-order valence-corrected chi connectivity index (χ2v) is 3.04. The average molecular weight is 209 g/mol. The topological polar surface area (TPSA) is 98.9 Å². The number of rotatable bonds is 4. The van der Waals surface area contributed by atoms with Gasteiger partial charge in [0, 0.05) is 19.3 Å². The van der Waals surface area contributed by atoms with Gasteiger partial charge in [0.25, 0.3) is 5.56 Å². The third-order valence-electron chi connectivity index (χ3n) is 1.94. The van der Waals surface area contributed by atoms with Crippen molar-refractivity contribution in [2.24, 2.45) is 0 Å². The Hall–Kier alpha value is -1.87. The molecule has 80 valence electrons. The SMILES string of the molecule is N#Cc1cn(CCCCO)c(=O)[nH]c1=O. The van der Waals surface area contributed by atoms with Crippen molar-refractivity contribution in [2.45, 2.75) is 19.4 Å². The smallest absolute Gasteiger partial charge is 0.328 e. The van der Waals surface area contributed by atoms with Crippen molar-refractivity contribution in [3.63, 3.8) is 0 Å². The van der Waals surface area contributed by atoms with Gasteiger partial charge in [-0.15, -0.1) is 0 Å². The predicted octanol–water partition coefficient (Wildman–Crippen LogP) is -0.819. The van der Waals surface area contributed by atoms with Gasteiger partial charge in [0.2, 0.25) is 0 Å². The normalized spacial score (nSPS) is 9.87. The van der Waals surface area contributed by atoms with E-state index in [0.29, 0.717) is 19.4 Å². The number of aryl methyl sites for hydroxylation is 1. The number of nitrogens with zero attached hydrogens (tertiary/aromatic N) is 2. The van der Waals surface area contributed by atoms with Crippen LogP contribution in [0.3, 0.4) is 0 Å². The van der Waals surface area contributed by atoms with Crippen LogP contribution in [0.4, 0.5) is 0 Å². The van der Waals surface area contributed by atoms with Crippen LogP contribution in [0.1, 0.15) is 18.4 Å². The van der Waals surface area contributed by atoms with Crippen LogP contribution in [0.5, 0.6) is 0 Å². The number of hydrogen-bond donors (Lipinski definition) is 2. The van der Waals surface area contributed by atoms with E-state index in [1.807, 2.05) is 0 Å². The van der Waals surface area contributed by atoms with Crippen molar-refractivity contribution in [2.75, 3.05) is 6.61 Å². The molecule has 0 saturated carbocycles. The summed E-state index contributed by atoms with van der Waals surface area (Å²) in [5.74, 6) is 0. The van der Waals surface area contributed by atoms with E-state index in [4.69, 9.17) is 10.4 Å². The molecule has 6 nitrogen and oxygen atoms in total. The van der Waals surface area contributed by atoms with Gasteiger partial charge in [0.1, 0.15) is 11.6 Å². The largest absolute Gasteiger partial charge is 0.396 e. The highest BCUT2D eigenvalue weighted by atomic mass is 16.3. The summed E-state index contributed by atoms with van der Waals surface area (Å²) in [6, 6.07) is 1.70. The van der Waals surface area contributed by atoms with Crippen molar-refractivity contribution in [3.05, 3.63) is 32.6 Å². The molecule has 1 aromatic heterocycles. The van der Waals surface area contributed by atoms with Gasteiger partial charge in [0.05, 0.1) is 0 Å². The van der Waals surface area contributed by atoms with E-state index in [0.717, 1.165) is 0 Å². The van der Waals surface area contributed by atoms with Gasteiger partial charge in [0.15, 0.2) is 0 Å². The first-order valence-corrected chi connectivity index (χ1v) is 4.53. The van der Waals surface area contributed by atoms with E-state index in [9.17, 15) is 9.59 Å². The molecule has 0 amide bonds. The Morgan fingerprint density at radius 2 is 2.20 bits per heavy atom. The highest BCUT2D eigenvalue weighted by Crippen LogP contribution is 1.92. The average Bonchev–Trinajstić information content (AvgIpc) is 2.21. The first-order valence-electron chi connectivity index (χ1n) is 4.53. The molecule has 1 aromatic rings. The number of nitrogens with one attached hydrogen (secondary N) is 1. The van der Waals surface area contributed by atoms with E-state index in [2.05, 4.69) is 4.98 Å². The number of hydrogen-bond acceptors (Lipinski definition) is 4. The molecule has 1 heterocycles. The Balaban J connectivity index is 2.94. The molecule has 0 radical (unpaired) electrons. The van der Waals surface area contributed by atoms with E-state index in [-0.39, 0.29) is 12.2 Å². The van der Waals surface area contributed by atoms with E-state index < -0.39 is 11.2 Å². The molecule has 0 aliphatic heterocycles. The fraction of sp³-hybridized carbons (Fsp3) is 0.444. The molecule has 0 fully saturated rings. The van der Waals surface area contributed by atoms with Crippen LogP contribution in [0.25, 0.3) is 0 Å². The molecular weight excluding hydrogens is 198 g/mol. The maximum absolute atomic E-state index is 11.2. The third-order valence-corrected chi connectivity index (χ3v) is 1.94. The first kappa shape index (κ1) is 11.2. The molecular formula is C9H11N3O3. The van der Waals surface area contributed by atoms with Crippen molar-refractivity contribution in [3.8, 4) is 6.07 Å². The van der Waals surface area contributed by atoms with Crippen molar-refractivity contribution in [1.82, 2.24) is 9.55 Å². The third kappa shape index (κ3) is 2.79. The molecule has 2 N–H and O–H groups in total. The van der Waals surface area contributed by atoms with Gasteiger partial charge in [-0.05, 0) is 12.8 Å². The zero-order chi connectivity index (χ0) is 11.3. The van der Waals surface area contributed by atoms with Crippen LogP contribution in [0.15, 0.2) is 15.8 Å². The summed E-state index contributed by atoms with van der Waals surface area (Å²) in [6.07, 6.45) is 2.43. The Bertz CT molecular complexity index is 481. The van der Waals surface area contributed by atoms with Gasteiger partial charge in [-0.1, -0.05) is 0 Å². The molecule has 0 bridgehead atoms. The highest BCUT2D eigenvalue weighted by molar-refractivity contribution is 5.21. The number of H-pyrrole nitrogens is 1. The second kappa shape index (κ2) is 5.12. The van der Waals surface area contributed by atoms with Gasteiger partial charge >= 0.3 is 5.69 Å². The molecule has 0 spiro atoms. The van der Waals surface area contributed by atoms with Gasteiger partial charge in [-0.25, -0.2) is 4.79 Å². The maximum atomic E-state index is 11.2. The lowest BCUT2D eigenvalue weighted by Crippen LogP contribution is -2.31. The van der Waals surface area contributed by atoms with Crippen LogP contribution in [-0.2, 0) is 6.54 Å². The Morgan fingerprint density at radius 3 is 2.80 bits per heavy atom. The summed E-state index contributed by atoms with van der Waals surface area (Å²) in [7, 11) is 0. The number of nitriles is 1. The lowest BCUT2D eigenvalue weighted by atomic mass is 10.3. The minimum Gasteiger partial charge on any atom is -0.396 e. The zero-order valence-electron chi connectivity index (χ0n) is 8.06. The number of aromatic amines is 1. The second-order valence-electron chi connectivity index (χ2n) is 3.04. The summed E-state index contributed by atoms with van der Waals surface area (Å²) >= 11 is 0. The van der Waals surface area contributed by atoms with Crippen LogP contribution in [-0.4, -0.2) is 21.3 Å². The van der Waals surface area contributed by atoms with Gasteiger partial charge < -0.3 is 5.11 Å². The lowest BCUT2D eigenvalue weighted by molar-refractivity contribution is 0.281. The van der Waals surface area contributed by atoms with Crippen LogP contribution < -0.4 is 11.2 Å². The quantitative estimate of drug-likeness (QED) is 0.633. The Morgan fingerprint density at radius 1 is 1.47 bits per heavy atom. The summed E-state index contributed by atoms with van der Waals surface area (Å²) in [6.45, 7) is 0.439. The number of aliphatic hydroxyl groups is 1. The van der Waals surface area contributed by atoms with Crippen molar-refractivity contribution < 1.29 is 5.11 Å². The summed E-state index contributed by atoms with van der Waals surface area (Å²) in [4.78, 5) is 24.3. The van der Waals surface area contributed by atoms with E-state index >= 15 is 0 Å². The fourth-order valence-electron chi connectivity index (χ4n) is 1.15. The maximum Gasteiger partial charge on any atom is 0.328 e. The fourth-order valence-corrected chi connectivity index (χ4v) is 1.15. The van der Waals surface area contributed by atoms with Gasteiger partial charge in [-0.2, -0.15) is 5.26 Å². The van der Waals surface area contributed by atoms with Crippen LogP contribution in [0.2, 0.25) is 0 Å². The minimum absolute atomic E-state index is 0.0587. The molecule has 0 unspecified atom stereocenters. The standard InChI is InChI=1S/C9H11N3O3/c10-5-7-6-12(3-1-2-4-13)9(15)11-8(7)14/h6,13H,1-4H2,(H,11,14,15). The lowest BCUT2D eigenvalue weighted by Gasteiger charge is -2.03.